The van der Waals surface area contributed by atoms with Crippen molar-refractivity contribution in [2.24, 2.45) is 0 Å². The van der Waals surface area contributed by atoms with Crippen LogP contribution in [0.25, 0.3) is 0 Å². The Hall–Kier alpha value is -0.870. The molecule has 0 spiro atoms. The number of aromatic nitrogens is 1. The molecule has 0 amide bonds. The van der Waals surface area contributed by atoms with Crippen LogP contribution in [0.2, 0.25) is 0 Å². The van der Waals surface area contributed by atoms with Gasteiger partial charge in [0.1, 0.15) is 5.76 Å². The molecule has 0 bridgehead atoms. The van der Waals surface area contributed by atoms with Crippen molar-refractivity contribution >= 4 is 0 Å². The standard InChI is InChI=1S/C15H27N3O/c1-4-8-18-9-5-6-14(7-10-18)16-11-15-17-12(2)13(3)19-15/h14,16H,4-11H2,1-3H3. The number of aryl methyl sites for hydroxylation is 2. The predicted molar refractivity (Wildman–Crippen MR) is 77.2 cm³/mol. The smallest absolute Gasteiger partial charge is 0.208 e. The molecule has 2 rings (SSSR count). The summed E-state index contributed by atoms with van der Waals surface area (Å²) in [6.45, 7) is 10.7. The Labute approximate surface area is 116 Å². The lowest BCUT2D eigenvalue weighted by molar-refractivity contribution is 0.282. The number of oxazole rings is 1. The number of nitrogens with zero attached hydrogens (tertiary/aromatic N) is 2. The van der Waals surface area contributed by atoms with Crippen LogP contribution in [0.3, 0.4) is 0 Å². The lowest BCUT2D eigenvalue weighted by Gasteiger charge is -2.19. The van der Waals surface area contributed by atoms with Crippen molar-refractivity contribution in [2.75, 3.05) is 19.6 Å². The highest BCUT2D eigenvalue weighted by molar-refractivity contribution is 5.05. The van der Waals surface area contributed by atoms with Gasteiger partial charge in [-0.25, -0.2) is 4.98 Å². The summed E-state index contributed by atoms with van der Waals surface area (Å²) in [4.78, 5) is 7.01. The summed E-state index contributed by atoms with van der Waals surface area (Å²) in [6.07, 6.45) is 5.05. The van der Waals surface area contributed by atoms with Crippen molar-refractivity contribution < 1.29 is 4.42 Å². The minimum atomic E-state index is 0.606. The third-order valence-electron chi connectivity index (χ3n) is 3.98. The molecule has 4 heteroatoms. The minimum absolute atomic E-state index is 0.606. The molecule has 1 fully saturated rings. The molecule has 2 heterocycles. The molecule has 1 aromatic rings. The van der Waals surface area contributed by atoms with Crippen molar-refractivity contribution in [1.29, 1.82) is 0 Å². The van der Waals surface area contributed by atoms with Crippen molar-refractivity contribution in [3.8, 4) is 0 Å². The van der Waals surface area contributed by atoms with Crippen molar-refractivity contribution in [3.63, 3.8) is 0 Å². The number of rotatable bonds is 5. The molecule has 0 aliphatic carbocycles. The SMILES string of the molecule is CCCN1CCCC(NCc2nc(C)c(C)o2)CC1. The fourth-order valence-electron chi connectivity index (χ4n) is 2.75. The molecule has 1 aliphatic heterocycles. The Morgan fingerprint density at radius 1 is 1.32 bits per heavy atom. The third kappa shape index (κ3) is 4.32. The largest absolute Gasteiger partial charge is 0.444 e. The fourth-order valence-corrected chi connectivity index (χ4v) is 2.75. The van der Waals surface area contributed by atoms with E-state index in [-0.39, 0.29) is 0 Å². The summed E-state index contributed by atoms with van der Waals surface area (Å²) in [5, 5.41) is 3.60. The summed E-state index contributed by atoms with van der Waals surface area (Å²) < 4.78 is 5.61. The Balaban J connectivity index is 1.77. The van der Waals surface area contributed by atoms with Crippen LogP contribution in [0.4, 0.5) is 0 Å². The van der Waals surface area contributed by atoms with Gasteiger partial charge in [-0.1, -0.05) is 6.92 Å². The Morgan fingerprint density at radius 2 is 2.16 bits per heavy atom. The van der Waals surface area contributed by atoms with Crippen LogP contribution in [-0.2, 0) is 6.54 Å². The number of hydrogen-bond acceptors (Lipinski definition) is 4. The molecule has 1 aliphatic rings. The van der Waals surface area contributed by atoms with Crippen molar-refractivity contribution in [2.45, 2.75) is 59.0 Å². The van der Waals surface area contributed by atoms with E-state index in [2.05, 4.69) is 22.1 Å². The molecule has 0 aromatic carbocycles. The van der Waals surface area contributed by atoms with Crippen LogP contribution in [0.5, 0.6) is 0 Å². The molecular formula is C15H27N3O. The number of likely N-dealkylation sites (tertiary alicyclic amines) is 1. The highest BCUT2D eigenvalue weighted by atomic mass is 16.4. The highest BCUT2D eigenvalue weighted by Gasteiger charge is 2.16. The maximum absolute atomic E-state index is 5.61. The van der Waals surface area contributed by atoms with Gasteiger partial charge in [-0.05, 0) is 59.2 Å². The van der Waals surface area contributed by atoms with Gasteiger partial charge in [0.25, 0.3) is 0 Å². The molecule has 1 aromatic heterocycles. The zero-order chi connectivity index (χ0) is 13.7. The topological polar surface area (TPSA) is 41.3 Å². The first-order valence-corrected chi connectivity index (χ1v) is 7.57. The second-order valence-corrected chi connectivity index (χ2v) is 5.60. The van der Waals surface area contributed by atoms with Crippen LogP contribution < -0.4 is 5.32 Å². The molecular weight excluding hydrogens is 238 g/mol. The van der Waals surface area contributed by atoms with E-state index in [1.54, 1.807) is 0 Å². The van der Waals surface area contributed by atoms with Crippen LogP contribution in [0.1, 0.15) is 50.0 Å². The second-order valence-electron chi connectivity index (χ2n) is 5.60. The Bertz CT molecular complexity index is 369. The number of nitrogens with one attached hydrogen (secondary N) is 1. The molecule has 0 saturated carbocycles. The zero-order valence-corrected chi connectivity index (χ0v) is 12.5. The van der Waals surface area contributed by atoms with Crippen LogP contribution in [0.15, 0.2) is 4.42 Å². The fraction of sp³-hybridized carbons (Fsp3) is 0.800. The van der Waals surface area contributed by atoms with E-state index >= 15 is 0 Å². The summed E-state index contributed by atoms with van der Waals surface area (Å²) in [6, 6.07) is 0.606. The van der Waals surface area contributed by atoms with Gasteiger partial charge in [0, 0.05) is 6.04 Å². The highest BCUT2D eigenvalue weighted by Crippen LogP contribution is 2.13. The summed E-state index contributed by atoms with van der Waals surface area (Å²) in [5.74, 6) is 1.76. The first kappa shape index (κ1) is 14.5. The molecule has 4 nitrogen and oxygen atoms in total. The summed E-state index contributed by atoms with van der Waals surface area (Å²) >= 11 is 0. The van der Waals surface area contributed by atoms with E-state index in [0.29, 0.717) is 6.04 Å². The van der Waals surface area contributed by atoms with Gasteiger partial charge >= 0.3 is 0 Å². The third-order valence-corrected chi connectivity index (χ3v) is 3.98. The van der Waals surface area contributed by atoms with E-state index < -0.39 is 0 Å². The van der Waals surface area contributed by atoms with Gasteiger partial charge < -0.3 is 14.6 Å². The number of hydrogen-bond donors (Lipinski definition) is 1. The average molecular weight is 265 g/mol. The molecule has 1 unspecified atom stereocenters. The quantitative estimate of drug-likeness (QED) is 0.888. The van der Waals surface area contributed by atoms with Gasteiger partial charge in [-0.2, -0.15) is 0 Å². The van der Waals surface area contributed by atoms with Gasteiger partial charge in [0.2, 0.25) is 5.89 Å². The lowest BCUT2D eigenvalue weighted by atomic mass is 10.1. The summed E-state index contributed by atoms with van der Waals surface area (Å²) in [5.41, 5.74) is 1.01. The van der Waals surface area contributed by atoms with Gasteiger partial charge in [0.15, 0.2) is 0 Å². The van der Waals surface area contributed by atoms with E-state index in [1.165, 1.54) is 45.3 Å². The Kier molecular flexibility index (Phi) is 5.40. The van der Waals surface area contributed by atoms with Gasteiger partial charge in [-0.3, -0.25) is 0 Å². The van der Waals surface area contributed by atoms with Crippen LogP contribution >= 0.6 is 0 Å². The van der Waals surface area contributed by atoms with Crippen LogP contribution in [-0.4, -0.2) is 35.6 Å². The minimum Gasteiger partial charge on any atom is -0.444 e. The van der Waals surface area contributed by atoms with E-state index in [1.807, 2.05) is 13.8 Å². The van der Waals surface area contributed by atoms with Gasteiger partial charge in [0.05, 0.1) is 12.2 Å². The molecule has 19 heavy (non-hydrogen) atoms. The molecule has 1 atom stereocenters. The Morgan fingerprint density at radius 3 is 2.84 bits per heavy atom. The monoisotopic (exact) mass is 265 g/mol. The zero-order valence-electron chi connectivity index (χ0n) is 12.5. The van der Waals surface area contributed by atoms with Crippen molar-refractivity contribution in [3.05, 3.63) is 17.3 Å². The maximum Gasteiger partial charge on any atom is 0.208 e. The first-order chi connectivity index (χ1) is 9.19. The molecule has 1 N–H and O–H groups in total. The van der Waals surface area contributed by atoms with E-state index in [9.17, 15) is 0 Å². The molecule has 1 saturated heterocycles. The maximum atomic E-state index is 5.61. The van der Waals surface area contributed by atoms with Gasteiger partial charge in [-0.15, -0.1) is 0 Å². The van der Waals surface area contributed by atoms with Crippen molar-refractivity contribution in [1.82, 2.24) is 15.2 Å². The first-order valence-electron chi connectivity index (χ1n) is 7.57. The van der Waals surface area contributed by atoms with E-state index in [0.717, 1.165) is 23.9 Å². The normalized spacial score (nSPS) is 21.5. The van der Waals surface area contributed by atoms with E-state index in [4.69, 9.17) is 4.42 Å². The molecule has 108 valence electrons. The molecule has 0 radical (unpaired) electrons. The second kappa shape index (κ2) is 7.06. The van der Waals surface area contributed by atoms with Crippen LogP contribution in [0, 0.1) is 13.8 Å². The predicted octanol–water partition coefficient (Wildman–Crippen LogP) is 2.65. The lowest BCUT2D eigenvalue weighted by Crippen LogP contribution is -2.31. The average Bonchev–Trinajstić information content (AvgIpc) is 2.60. The summed E-state index contributed by atoms with van der Waals surface area (Å²) in [7, 11) is 0.